The molecule has 0 saturated heterocycles. The normalized spacial score (nSPS) is 12.9. The third-order valence-corrected chi connectivity index (χ3v) is 3.88. The lowest BCUT2D eigenvalue weighted by Gasteiger charge is -2.27. The van der Waals surface area contributed by atoms with Gasteiger partial charge in [0.05, 0.1) is 0 Å². The Morgan fingerprint density at radius 3 is 2.57 bits per heavy atom. The Labute approximate surface area is 157 Å². The lowest BCUT2D eigenvalue weighted by atomic mass is 10.3. The second-order valence-electron chi connectivity index (χ2n) is 5.24. The zero-order valence-electron chi connectivity index (χ0n) is 15.0. The molecular weight excluding hydrogens is 405 g/mol. The van der Waals surface area contributed by atoms with Crippen molar-refractivity contribution in [3.63, 3.8) is 0 Å². The molecule has 0 aromatic carbocycles. The predicted molar refractivity (Wildman–Crippen MR) is 107 cm³/mol. The van der Waals surface area contributed by atoms with Crippen LogP contribution < -0.4 is 10.6 Å². The van der Waals surface area contributed by atoms with Gasteiger partial charge in [0.2, 0.25) is 0 Å². The van der Waals surface area contributed by atoms with Crippen LogP contribution in [0.3, 0.4) is 0 Å². The topological polar surface area (TPSA) is 70.4 Å². The maximum atomic E-state index is 4.27. The highest BCUT2D eigenvalue weighted by molar-refractivity contribution is 14.0. The maximum Gasteiger partial charge on any atom is 0.191 e. The highest BCUT2D eigenvalue weighted by Crippen LogP contribution is 1.96. The minimum absolute atomic E-state index is 0. The molecule has 0 aliphatic rings. The average molecular weight is 437 g/mol. The van der Waals surface area contributed by atoms with E-state index in [0.29, 0.717) is 6.04 Å². The summed E-state index contributed by atoms with van der Waals surface area (Å²) in [6, 6.07) is 0.484. The van der Waals surface area contributed by atoms with Gasteiger partial charge in [-0.3, -0.25) is 9.89 Å². The Bertz CT molecular complexity index is 443. The lowest BCUT2D eigenvalue weighted by molar-refractivity contribution is 0.231. The lowest BCUT2D eigenvalue weighted by Crippen LogP contribution is -2.46. The summed E-state index contributed by atoms with van der Waals surface area (Å²) < 4.78 is 2.07. The van der Waals surface area contributed by atoms with E-state index in [-0.39, 0.29) is 24.0 Å². The van der Waals surface area contributed by atoms with Crippen LogP contribution in [0.5, 0.6) is 0 Å². The number of nitrogens with one attached hydrogen (secondary N) is 2. The highest BCUT2D eigenvalue weighted by Gasteiger charge is 2.10. The van der Waals surface area contributed by atoms with E-state index in [0.717, 1.165) is 50.9 Å². The van der Waals surface area contributed by atoms with Gasteiger partial charge in [-0.05, 0) is 20.0 Å². The molecule has 1 aromatic heterocycles. The minimum Gasteiger partial charge on any atom is -0.355 e. The van der Waals surface area contributed by atoms with Crippen LogP contribution in [0.1, 0.15) is 33.5 Å². The van der Waals surface area contributed by atoms with Gasteiger partial charge < -0.3 is 15.2 Å². The summed E-state index contributed by atoms with van der Waals surface area (Å²) in [5, 5.41) is 14.7. The number of likely N-dealkylation sites (N-methyl/N-ethyl adjacent to an activating group) is 1. The second kappa shape index (κ2) is 12.5. The number of guanidine groups is 1. The van der Waals surface area contributed by atoms with Crippen LogP contribution in [0, 0.1) is 0 Å². The van der Waals surface area contributed by atoms with E-state index >= 15 is 0 Å². The average Bonchev–Trinajstić information content (AvgIpc) is 2.99. The molecule has 0 spiro atoms. The highest BCUT2D eigenvalue weighted by atomic mass is 127. The number of halogens is 1. The smallest absolute Gasteiger partial charge is 0.191 e. The molecule has 0 fully saturated rings. The fourth-order valence-electron chi connectivity index (χ4n) is 2.48. The van der Waals surface area contributed by atoms with Gasteiger partial charge >= 0.3 is 0 Å². The van der Waals surface area contributed by atoms with E-state index < -0.39 is 0 Å². The first-order valence-corrected chi connectivity index (χ1v) is 8.21. The molecule has 1 heterocycles. The number of aryl methyl sites for hydroxylation is 1. The molecule has 1 atom stereocenters. The fourth-order valence-corrected chi connectivity index (χ4v) is 2.48. The molecule has 0 amide bonds. The molecule has 134 valence electrons. The van der Waals surface area contributed by atoms with Gasteiger partial charge in [-0.2, -0.15) is 0 Å². The Hall–Kier alpha value is -0.900. The Balaban J connectivity index is 0.00000484. The van der Waals surface area contributed by atoms with E-state index in [4.69, 9.17) is 0 Å². The van der Waals surface area contributed by atoms with Crippen molar-refractivity contribution in [2.24, 2.45) is 4.99 Å². The molecule has 1 rings (SSSR count). The van der Waals surface area contributed by atoms with Crippen molar-refractivity contribution >= 4 is 29.9 Å². The van der Waals surface area contributed by atoms with Crippen LogP contribution in [0.4, 0.5) is 0 Å². The number of aliphatic imine (C=N–C) groups is 1. The molecule has 0 saturated carbocycles. The largest absolute Gasteiger partial charge is 0.355 e. The summed E-state index contributed by atoms with van der Waals surface area (Å²) in [4.78, 5) is 6.69. The fraction of sp³-hybridized carbons (Fsp3) is 0.800. The first kappa shape index (κ1) is 22.1. The van der Waals surface area contributed by atoms with Gasteiger partial charge in [-0.1, -0.05) is 20.8 Å². The zero-order chi connectivity index (χ0) is 16.4. The number of rotatable bonds is 9. The van der Waals surface area contributed by atoms with Crippen molar-refractivity contribution in [2.75, 3.05) is 33.2 Å². The predicted octanol–water partition coefficient (Wildman–Crippen LogP) is 1.35. The third kappa shape index (κ3) is 7.47. The van der Waals surface area contributed by atoms with Gasteiger partial charge in [-0.25, -0.2) is 0 Å². The minimum atomic E-state index is 0. The van der Waals surface area contributed by atoms with Crippen molar-refractivity contribution in [2.45, 2.75) is 46.7 Å². The molecular formula is C15H32IN7. The van der Waals surface area contributed by atoms with Crippen molar-refractivity contribution in [3.8, 4) is 0 Å². The summed E-state index contributed by atoms with van der Waals surface area (Å²) in [6.45, 7) is 13.4. The zero-order valence-corrected chi connectivity index (χ0v) is 17.4. The Morgan fingerprint density at radius 2 is 2.00 bits per heavy atom. The molecule has 0 radical (unpaired) electrons. The molecule has 0 aliphatic carbocycles. The van der Waals surface area contributed by atoms with Crippen LogP contribution >= 0.6 is 24.0 Å². The third-order valence-electron chi connectivity index (χ3n) is 3.88. The van der Waals surface area contributed by atoms with Gasteiger partial charge in [0.15, 0.2) is 5.96 Å². The molecule has 0 aliphatic heterocycles. The van der Waals surface area contributed by atoms with Crippen LogP contribution in [-0.2, 0) is 13.0 Å². The van der Waals surface area contributed by atoms with Crippen LogP contribution in [0.2, 0.25) is 0 Å². The van der Waals surface area contributed by atoms with Gasteiger partial charge in [-0.15, -0.1) is 34.2 Å². The maximum absolute atomic E-state index is 4.27. The van der Waals surface area contributed by atoms with Gasteiger partial charge in [0.25, 0.3) is 0 Å². The van der Waals surface area contributed by atoms with E-state index in [1.807, 2.05) is 0 Å². The van der Waals surface area contributed by atoms with Crippen molar-refractivity contribution in [3.05, 3.63) is 12.2 Å². The van der Waals surface area contributed by atoms with Gasteiger partial charge in [0.1, 0.15) is 12.2 Å². The first-order chi connectivity index (χ1) is 10.7. The molecule has 7 nitrogen and oxygen atoms in total. The van der Waals surface area contributed by atoms with E-state index in [1.165, 1.54) is 0 Å². The second-order valence-corrected chi connectivity index (χ2v) is 5.24. The summed E-state index contributed by atoms with van der Waals surface area (Å²) in [5.41, 5.74) is 0. The van der Waals surface area contributed by atoms with Crippen molar-refractivity contribution in [1.29, 1.82) is 0 Å². The van der Waals surface area contributed by atoms with Gasteiger partial charge in [0, 0.05) is 39.1 Å². The molecule has 0 bridgehead atoms. The number of nitrogens with zero attached hydrogens (tertiary/aromatic N) is 5. The first-order valence-electron chi connectivity index (χ1n) is 8.21. The Kier molecular flexibility index (Phi) is 12.0. The summed E-state index contributed by atoms with van der Waals surface area (Å²) in [5.74, 6) is 1.85. The molecule has 2 N–H and O–H groups in total. The van der Waals surface area contributed by atoms with Crippen molar-refractivity contribution in [1.82, 2.24) is 30.3 Å². The summed E-state index contributed by atoms with van der Waals surface area (Å²) >= 11 is 0. The molecule has 1 aromatic rings. The number of hydrogen-bond acceptors (Lipinski definition) is 4. The molecule has 8 heteroatoms. The van der Waals surface area contributed by atoms with Crippen LogP contribution in [0.15, 0.2) is 11.3 Å². The monoisotopic (exact) mass is 437 g/mol. The van der Waals surface area contributed by atoms with Crippen LogP contribution in [0.25, 0.3) is 0 Å². The Morgan fingerprint density at radius 1 is 1.30 bits per heavy atom. The van der Waals surface area contributed by atoms with E-state index in [2.05, 4.69) is 63.0 Å². The summed E-state index contributed by atoms with van der Waals surface area (Å²) in [6.07, 6.45) is 2.67. The standard InChI is InChI=1S/C15H31N7.HI/c1-6-14-20-19-12-22(14)10-9-17-15(16-5)18-11-13(4)21(7-2)8-3;/h12-13H,6-11H2,1-5H3,(H2,16,17,18);1H. The van der Waals surface area contributed by atoms with E-state index in [1.54, 1.807) is 13.4 Å². The number of hydrogen-bond donors (Lipinski definition) is 2. The van der Waals surface area contributed by atoms with Crippen molar-refractivity contribution < 1.29 is 0 Å². The quantitative estimate of drug-likeness (QED) is 0.347. The van der Waals surface area contributed by atoms with Crippen LogP contribution in [-0.4, -0.2) is 64.9 Å². The van der Waals surface area contributed by atoms with E-state index in [9.17, 15) is 0 Å². The SMILES string of the molecule is CCc1nncn1CCNC(=NC)NCC(C)N(CC)CC.I. The molecule has 23 heavy (non-hydrogen) atoms. The molecule has 1 unspecified atom stereocenters. The number of aromatic nitrogens is 3. The summed E-state index contributed by atoms with van der Waals surface area (Å²) in [7, 11) is 1.80.